The normalized spacial score (nSPS) is 14.7. The lowest BCUT2D eigenvalue weighted by Gasteiger charge is -2.36. The highest BCUT2D eigenvalue weighted by Gasteiger charge is 2.17. The van der Waals surface area contributed by atoms with Gasteiger partial charge in [0, 0.05) is 50.6 Å². The summed E-state index contributed by atoms with van der Waals surface area (Å²) >= 11 is 1.68. The van der Waals surface area contributed by atoms with Crippen LogP contribution in [0.25, 0.3) is 0 Å². The van der Waals surface area contributed by atoms with E-state index in [4.69, 9.17) is 0 Å². The van der Waals surface area contributed by atoms with Gasteiger partial charge in [0.1, 0.15) is 0 Å². The van der Waals surface area contributed by atoms with Crippen molar-refractivity contribution in [2.45, 2.75) is 13.1 Å². The monoisotopic (exact) mass is 434 g/mol. The molecule has 1 aliphatic rings. The minimum atomic E-state index is 0.0139. The SMILES string of the molecule is CN(CC(=O)Nc1ccc(N2CCN(Cc3ccccc3)CC2)cc1)Cc1ccsc1. The Kier molecular flexibility index (Phi) is 7.35. The summed E-state index contributed by atoms with van der Waals surface area (Å²) in [4.78, 5) is 19.3. The molecule has 6 heteroatoms. The smallest absolute Gasteiger partial charge is 0.238 e. The maximum Gasteiger partial charge on any atom is 0.238 e. The summed E-state index contributed by atoms with van der Waals surface area (Å²) in [6, 6.07) is 21.0. The maximum atomic E-state index is 12.4. The highest BCUT2D eigenvalue weighted by atomic mass is 32.1. The zero-order valence-corrected chi connectivity index (χ0v) is 18.9. The molecule has 0 aliphatic carbocycles. The molecule has 31 heavy (non-hydrogen) atoms. The van der Waals surface area contributed by atoms with E-state index in [1.807, 2.05) is 24.1 Å². The number of amides is 1. The fourth-order valence-corrected chi connectivity index (χ4v) is 4.62. The average Bonchev–Trinajstić information content (AvgIpc) is 3.28. The number of anilines is 2. The van der Waals surface area contributed by atoms with E-state index in [0.717, 1.165) is 45.0 Å². The third kappa shape index (κ3) is 6.40. The molecule has 3 aromatic rings. The average molecular weight is 435 g/mol. The number of piperazine rings is 1. The van der Waals surface area contributed by atoms with Crippen molar-refractivity contribution in [2.24, 2.45) is 0 Å². The van der Waals surface area contributed by atoms with Gasteiger partial charge in [-0.25, -0.2) is 0 Å². The van der Waals surface area contributed by atoms with Gasteiger partial charge in [-0.05, 0) is 59.3 Å². The lowest BCUT2D eigenvalue weighted by atomic mass is 10.2. The highest BCUT2D eigenvalue weighted by molar-refractivity contribution is 7.07. The Labute approximate surface area is 188 Å². The zero-order valence-electron chi connectivity index (χ0n) is 18.0. The number of hydrogen-bond donors (Lipinski definition) is 1. The molecule has 4 rings (SSSR count). The van der Waals surface area contributed by atoms with Gasteiger partial charge in [0.05, 0.1) is 6.54 Å². The molecule has 1 aromatic heterocycles. The van der Waals surface area contributed by atoms with E-state index in [1.165, 1.54) is 16.8 Å². The summed E-state index contributed by atoms with van der Waals surface area (Å²) in [5.41, 5.74) is 4.68. The van der Waals surface area contributed by atoms with Crippen molar-refractivity contribution in [3.63, 3.8) is 0 Å². The maximum absolute atomic E-state index is 12.4. The molecular weight excluding hydrogens is 404 g/mol. The van der Waals surface area contributed by atoms with Crippen LogP contribution >= 0.6 is 11.3 Å². The molecule has 0 radical (unpaired) electrons. The fraction of sp³-hybridized carbons (Fsp3) is 0.320. The van der Waals surface area contributed by atoms with Gasteiger partial charge in [0.15, 0.2) is 0 Å². The third-order valence-electron chi connectivity index (χ3n) is 5.58. The number of likely N-dealkylation sites (N-methyl/N-ethyl adjacent to an activating group) is 1. The van der Waals surface area contributed by atoms with Crippen LogP contribution in [0.1, 0.15) is 11.1 Å². The number of hydrogen-bond acceptors (Lipinski definition) is 5. The number of carbonyl (C=O) groups excluding carboxylic acids is 1. The van der Waals surface area contributed by atoms with Crippen LogP contribution in [0.2, 0.25) is 0 Å². The second-order valence-electron chi connectivity index (χ2n) is 8.15. The zero-order chi connectivity index (χ0) is 21.5. The fourth-order valence-electron chi connectivity index (χ4n) is 3.96. The van der Waals surface area contributed by atoms with Gasteiger partial charge in [-0.15, -0.1) is 0 Å². The molecule has 0 spiro atoms. The van der Waals surface area contributed by atoms with Gasteiger partial charge in [-0.1, -0.05) is 30.3 Å². The Balaban J connectivity index is 1.22. The van der Waals surface area contributed by atoms with Crippen LogP contribution in [-0.2, 0) is 17.9 Å². The van der Waals surface area contributed by atoms with Crippen LogP contribution in [0.15, 0.2) is 71.4 Å². The second kappa shape index (κ2) is 10.6. The predicted molar refractivity (Wildman–Crippen MR) is 130 cm³/mol. The molecular formula is C25H30N4OS. The summed E-state index contributed by atoms with van der Waals surface area (Å²) in [6.45, 7) is 6.33. The Bertz CT molecular complexity index is 935. The van der Waals surface area contributed by atoms with E-state index in [0.29, 0.717) is 6.54 Å². The Hall–Kier alpha value is -2.67. The van der Waals surface area contributed by atoms with Crippen molar-refractivity contribution in [3.05, 3.63) is 82.6 Å². The molecule has 1 saturated heterocycles. The topological polar surface area (TPSA) is 38.8 Å². The molecule has 0 bridgehead atoms. The number of nitrogens with zero attached hydrogens (tertiary/aromatic N) is 3. The number of thiophene rings is 1. The Morgan fingerprint density at radius 2 is 1.71 bits per heavy atom. The molecule has 162 valence electrons. The van der Waals surface area contributed by atoms with Crippen molar-refractivity contribution in [3.8, 4) is 0 Å². The minimum Gasteiger partial charge on any atom is -0.369 e. The van der Waals surface area contributed by atoms with Gasteiger partial charge < -0.3 is 10.2 Å². The molecule has 1 aliphatic heterocycles. The van der Waals surface area contributed by atoms with Crippen molar-refractivity contribution in [1.29, 1.82) is 0 Å². The highest BCUT2D eigenvalue weighted by Crippen LogP contribution is 2.20. The van der Waals surface area contributed by atoms with Crippen molar-refractivity contribution in [1.82, 2.24) is 9.80 Å². The van der Waals surface area contributed by atoms with E-state index >= 15 is 0 Å². The number of rotatable bonds is 8. The van der Waals surface area contributed by atoms with Gasteiger partial charge in [-0.3, -0.25) is 14.6 Å². The molecule has 0 unspecified atom stereocenters. The lowest BCUT2D eigenvalue weighted by Crippen LogP contribution is -2.45. The van der Waals surface area contributed by atoms with E-state index < -0.39 is 0 Å². The summed E-state index contributed by atoms with van der Waals surface area (Å²) < 4.78 is 0. The molecule has 2 aromatic carbocycles. The summed E-state index contributed by atoms with van der Waals surface area (Å²) in [7, 11) is 1.97. The minimum absolute atomic E-state index is 0.0139. The Morgan fingerprint density at radius 3 is 2.39 bits per heavy atom. The molecule has 1 fully saturated rings. The number of benzene rings is 2. The van der Waals surface area contributed by atoms with Gasteiger partial charge >= 0.3 is 0 Å². The van der Waals surface area contributed by atoms with Crippen LogP contribution in [0.3, 0.4) is 0 Å². The van der Waals surface area contributed by atoms with Gasteiger partial charge in [0.25, 0.3) is 0 Å². The first-order valence-corrected chi connectivity index (χ1v) is 11.7. The summed E-state index contributed by atoms with van der Waals surface area (Å²) in [5.74, 6) is 0.0139. The molecule has 1 N–H and O–H groups in total. The number of nitrogens with one attached hydrogen (secondary N) is 1. The van der Waals surface area contributed by atoms with Crippen molar-refractivity contribution in [2.75, 3.05) is 50.0 Å². The van der Waals surface area contributed by atoms with Crippen molar-refractivity contribution >= 4 is 28.6 Å². The van der Waals surface area contributed by atoms with Crippen LogP contribution in [-0.4, -0.2) is 55.5 Å². The second-order valence-corrected chi connectivity index (χ2v) is 8.93. The quantitative estimate of drug-likeness (QED) is 0.578. The van der Waals surface area contributed by atoms with Crippen LogP contribution in [0.5, 0.6) is 0 Å². The van der Waals surface area contributed by atoms with E-state index in [9.17, 15) is 4.79 Å². The Morgan fingerprint density at radius 1 is 0.968 bits per heavy atom. The third-order valence-corrected chi connectivity index (χ3v) is 6.32. The summed E-state index contributed by atoms with van der Waals surface area (Å²) in [5, 5.41) is 7.20. The molecule has 0 saturated carbocycles. The molecule has 0 atom stereocenters. The first-order valence-electron chi connectivity index (χ1n) is 10.8. The van der Waals surface area contributed by atoms with Gasteiger partial charge in [0.2, 0.25) is 5.91 Å². The van der Waals surface area contributed by atoms with Gasteiger partial charge in [-0.2, -0.15) is 11.3 Å². The van der Waals surface area contributed by atoms with E-state index in [1.54, 1.807) is 11.3 Å². The molecule has 5 nitrogen and oxygen atoms in total. The molecule has 1 amide bonds. The first-order chi connectivity index (χ1) is 15.2. The van der Waals surface area contributed by atoms with Crippen LogP contribution in [0.4, 0.5) is 11.4 Å². The largest absolute Gasteiger partial charge is 0.369 e. The van der Waals surface area contributed by atoms with Crippen LogP contribution in [0, 0.1) is 0 Å². The predicted octanol–water partition coefficient (Wildman–Crippen LogP) is 4.14. The van der Waals surface area contributed by atoms with E-state index in [-0.39, 0.29) is 5.91 Å². The van der Waals surface area contributed by atoms with E-state index in [2.05, 4.69) is 74.4 Å². The summed E-state index contributed by atoms with van der Waals surface area (Å²) in [6.07, 6.45) is 0. The number of carbonyl (C=O) groups is 1. The standard InChI is InChI=1S/C25H30N4OS/c1-27(17-22-11-16-31-20-22)19-25(30)26-23-7-9-24(10-8-23)29-14-12-28(13-15-29)18-21-5-3-2-4-6-21/h2-11,16,20H,12-15,17-19H2,1H3,(H,26,30). The first kappa shape index (κ1) is 21.6. The van der Waals surface area contributed by atoms with Crippen LogP contribution < -0.4 is 10.2 Å². The molecule has 2 heterocycles. The lowest BCUT2D eigenvalue weighted by molar-refractivity contribution is -0.117. The van der Waals surface area contributed by atoms with Crippen molar-refractivity contribution < 1.29 is 4.79 Å².